The minimum absolute atomic E-state index is 0.0787. The quantitative estimate of drug-likeness (QED) is 0.493. The van der Waals surface area contributed by atoms with Crippen LogP contribution in [0.1, 0.15) is 28.8 Å². The Balaban J connectivity index is 1.47. The standard InChI is InChI=1S/C22H22ClNO3S/c1-26-17-8-9-18-19(14-17)28-22(23)20(18)21(25)15-4-6-16(7-5-15)27-13-12-24-10-2-3-11-24/h4-9,14H,2-3,10-13H2,1H3. The molecule has 146 valence electrons. The van der Waals surface area contributed by atoms with Gasteiger partial charge < -0.3 is 9.47 Å². The molecule has 0 radical (unpaired) electrons. The Kier molecular flexibility index (Phi) is 5.85. The van der Waals surface area contributed by atoms with E-state index in [-0.39, 0.29) is 5.78 Å². The summed E-state index contributed by atoms with van der Waals surface area (Å²) in [6.07, 6.45) is 2.56. The highest BCUT2D eigenvalue weighted by atomic mass is 35.5. The van der Waals surface area contributed by atoms with Crippen molar-refractivity contribution in [1.29, 1.82) is 0 Å². The molecule has 1 aromatic heterocycles. The van der Waals surface area contributed by atoms with Crippen LogP contribution in [0.4, 0.5) is 0 Å². The van der Waals surface area contributed by atoms with E-state index in [2.05, 4.69) is 4.90 Å². The highest BCUT2D eigenvalue weighted by Crippen LogP contribution is 2.38. The molecule has 0 N–H and O–H groups in total. The fourth-order valence-corrected chi connectivity index (χ4v) is 4.92. The molecule has 0 amide bonds. The molecule has 0 spiro atoms. The minimum Gasteiger partial charge on any atom is -0.497 e. The van der Waals surface area contributed by atoms with Crippen LogP contribution < -0.4 is 9.47 Å². The molecule has 4 nitrogen and oxygen atoms in total. The summed E-state index contributed by atoms with van der Waals surface area (Å²) in [4.78, 5) is 15.5. The van der Waals surface area contributed by atoms with Gasteiger partial charge in [-0.3, -0.25) is 9.69 Å². The van der Waals surface area contributed by atoms with E-state index in [9.17, 15) is 4.79 Å². The van der Waals surface area contributed by atoms with Gasteiger partial charge in [-0.15, -0.1) is 11.3 Å². The first-order valence-corrected chi connectivity index (χ1v) is 10.6. The first-order valence-electron chi connectivity index (χ1n) is 9.41. The molecule has 3 aromatic rings. The monoisotopic (exact) mass is 415 g/mol. The summed E-state index contributed by atoms with van der Waals surface area (Å²) >= 11 is 7.79. The van der Waals surface area contributed by atoms with Crippen molar-refractivity contribution in [3.8, 4) is 11.5 Å². The van der Waals surface area contributed by atoms with E-state index >= 15 is 0 Å². The molecule has 2 heterocycles. The molecular weight excluding hydrogens is 394 g/mol. The van der Waals surface area contributed by atoms with Crippen molar-refractivity contribution in [2.24, 2.45) is 0 Å². The van der Waals surface area contributed by atoms with Gasteiger partial charge in [-0.1, -0.05) is 11.6 Å². The van der Waals surface area contributed by atoms with E-state index in [4.69, 9.17) is 21.1 Å². The van der Waals surface area contributed by atoms with Crippen molar-refractivity contribution in [1.82, 2.24) is 4.90 Å². The van der Waals surface area contributed by atoms with Crippen LogP contribution >= 0.6 is 22.9 Å². The summed E-state index contributed by atoms with van der Waals surface area (Å²) in [5, 5.41) is 0.853. The molecule has 6 heteroatoms. The summed E-state index contributed by atoms with van der Waals surface area (Å²) in [6.45, 7) is 3.94. The molecule has 4 rings (SSSR count). The number of hydrogen-bond acceptors (Lipinski definition) is 5. The summed E-state index contributed by atoms with van der Waals surface area (Å²) in [5.74, 6) is 1.45. The number of methoxy groups -OCH3 is 1. The Morgan fingerprint density at radius 3 is 2.54 bits per heavy atom. The van der Waals surface area contributed by atoms with Gasteiger partial charge in [0.15, 0.2) is 5.78 Å². The fourth-order valence-electron chi connectivity index (χ4n) is 3.53. The van der Waals surface area contributed by atoms with Gasteiger partial charge in [0.05, 0.1) is 12.7 Å². The predicted octanol–water partition coefficient (Wildman–Crippen LogP) is 5.27. The van der Waals surface area contributed by atoms with E-state index in [1.165, 1.54) is 24.2 Å². The van der Waals surface area contributed by atoms with E-state index in [0.717, 1.165) is 41.2 Å². The van der Waals surface area contributed by atoms with E-state index in [1.54, 1.807) is 19.2 Å². The van der Waals surface area contributed by atoms with Crippen LogP contribution in [0.2, 0.25) is 4.34 Å². The van der Waals surface area contributed by atoms with Crippen molar-refractivity contribution in [3.05, 3.63) is 57.9 Å². The van der Waals surface area contributed by atoms with Gasteiger partial charge in [0.1, 0.15) is 22.4 Å². The molecule has 0 atom stereocenters. The van der Waals surface area contributed by atoms with Gasteiger partial charge in [0, 0.05) is 22.2 Å². The van der Waals surface area contributed by atoms with E-state index in [1.807, 2.05) is 30.3 Å². The largest absolute Gasteiger partial charge is 0.497 e. The lowest BCUT2D eigenvalue weighted by Gasteiger charge is -2.15. The third kappa shape index (κ3) is 4.02. The van der Waals surface area contributed by atoms with Crippen molar-refractivity contribution in [2.45, 2.75) is 12.8 Å². The number of benzene rings is 2. The number of ketones is 1. The number of hydrogen-bond donors (Lipinski definition) is 0. The van der Waals surface area contributed by atoms with Gasteiger partial charge in [0.2, 0.25) is 0 Å². The first-order chi connectivity index (χ1) is 13.7. The van der Waals surface area contributed by atoms with E-state index in [0.29, 0.717) is 22.1 Å². The smallest absolute Gasteiger partial charge is 0.196 e. The molecule has 1 fully saturated rings. The third-order valence-corrected chi connectivity index (χ3v) is 6.43. The van der Waals surface area contributed by atoms with Gasteiger partial charge in [-0.2, -0.15) is 0 Å². The second-order valence-electron chi connectivity index (χ2n) is 6.86. The molecule has 1 aliphatic rings. The lowest BCUT2D eigenvalue weighted by atomic mass is 10.0. The van der Waals surface area contributed by atoms with Gasteiger partial charge >= 0.3 is 0 Å². The SMILES string of the molecule is COc1ccc2c(C(=O)c3ccc(OCCN4CCCC4)cc3)c(Cl)sc2c1. The zero-order chi connectivity index (χ0) is 19.5. The maximum atomic E-state index is 13.0. The Morgan fingerprint density at radius 2 is 1.82 bits per heavy atom. The molecule has 0 bridgehead atoms. The zero-order valence-corrected chi connectivity index (χ0v) is 17.3. The fraction of sp³-hybridized carbons (Fsp3) is 0.318. The van der Waals surface area contributed by atoms with Gasteiger partial charge in [-0.25, -0.2) is 0 Å². The molecule has 0 unspecified atom stereocenters. The van der Waals surface area contributed by atoms with Gasteiger partial charge in [0.25, 0.3) is 0 Å². The summed E-state index contributed by atoms with van der Waals surface area (Å²) in [7, 11) is 1.62. The van der Waals surface area contributed by atoms with Crippen LogP contribution in [0, 0.1) is 0 Å². The van der Waals surface area contributed by atoms with Crippen LogP contribution in [-0.2, 0) is 0 Å². The number of rotatable bonds is 7. The number of halogens is 1. The Hall–Kier alpha value is -2.08. The summed E-state index contributed by atoms with van der Waals surface area (Å²) in [5.41, 5.74) is 1.15. The normalized spacial score (nSPS) is 14.5. The molecular formula is C22H22ClNO3S. The van der Waals surface area contributed by atoms with E-state index < -0.39 is 0 Å². The van der Waals surface area contributed by atoms with Crippen molar-refractivity contribution < 1.29 is 14.3 Å². The van der Waals surface area contributed by atoms with Crippen molar-refractivity contribution in [3.63, 3.8) is 0 Å². The number of nitrogens with zero attached hydrogens (tertiary/aromatic N) is 1. The number of ether oxygens (including phenoxy) is 2. The summed E-state index contributed by atoms with van der Waals surface area (Å²) in [6, 6.07) is 12.9. The predicted molar refractivity (Wildman–Crippen MR) is 114 cm³/mol. The highest BCUT2D eigenvalue weighted by Gasteiger charge is 2.20. The molecule has 1 saturated heterocycles. The lowest BCUT2D eigenvalue weighted by Crippen LogP contribution is -2.25. The molecule has 28 heavy (non-hydrogen) atoms. The van der Waals surface area contributed by atoms with Gasteiger partial charge in [-0.05, 0) is 68.4 Å². The van der Waals surface area contributed by atoms with Crippen molar-refractivity contribution >= 4 is 38.8 Å². The lowest BCUT2D eigenvalue weighted by molar-refractivity contribution is 0.104. The zero-order valence-electron chi connectivity index (χ0n) is 15.7. The van der Waals surface area contributed by atoms with Crippen molar-refractivity contribution in [2.75, 3.05) is 33.4 Å². The number of fused-ring (bicyclic) bond motifs is 1. The number of carbonyl (C=O) groups excluding carboxylic acids is 1. The average molecular weight is 416 g/mol. The first kappa shape index (κ1) is 19.2. The topological polar surface area (TPSA) is 38.8 Å². The average Bonchev–Trinajstić information content (AvgIpc) is 3.34. The highest BCUT2D eigenvalue weighted by molar-refractivity contribution is 7.23. The maximum absolute atomic E-state index is 13.0. The van der Waals surface area contributed by atoms with Crippen LogP contribution in [0.5, 0.6) is 11.5 Å². The Labute approximate surface area is 173 Å². The maximum Gasteiger partial charge on any atom is 0.196 e. The number of carbonyl (C=O) groups is 1. The minimum atomic E-state index is -0.0787. The van der Waals surface area contributed by atoms with Crippen LogP contribution in [0.3, 0.4) is 0 Å². The molecule has 2 aromatic carbocycles. The molecule has 0 aliphatic carbocycles. The Bertz CT molecular complexity index is 977. The van der Waals surface area contributed by atoms with Crippen LogP contribution in [-0.4, -0.2) is 44.0 Å². The summed E-state index contributed by atoms with van der Waals surface area (Å²) < 4.78 is 12.5. The number of thiophene rings is 1. The Morgan fingerprint density at radius 1 is 1.11 bits per heavy atom. The third-order valence-electron chi connectivity index (χ3n) is 5.07. The second-order valence-corrected chi connectivity index (χ2v) is 8.52. The van der Waals surface area contributed by atoms with Crippen LogP contribution in [0.25, 0.3) is 10.1 Å². The number of likely N-dealkylation sites (tertiary alicyclic amines) is 1. The molecule has 0 saturated carbocycles. The second kappa shape index (κ2) is 8.52. The molecule has 1 aliphatic heterocycles. The van der Waals surface area contributed by atoms with Crippen LogP contribution in [0.15, 0.2) is 42.5 Å².